The minimum absolute atomic E-state index is 0.103. The molecule has 0 unspecified atom stereocenters. The second kappa shape index (κ2) is 5.81. The molecule has 1 atom stereocenters. The zero-order chi connectivity index (χ0) is 15.7. The van der Waals surface area contributed by atoms with Gasteiger partial charge in [-0.3, -0.25) is 4.79 Å². The molecule has 0 saturated heterocycles. The van der Waals surface area contributed by atoms with Crippen molar-refractivity contribution in [2.45, 2.75) is 19.4 Å². The molecule has 0 radical (unpaired) electrons. The Labute approximate surface area is 133 Å². The van der Waals surface area contributed by atoms with Crippen LogP contribution in [0.25, 0.3) is 0 Å². The fourth-order valence-electron chi connectivity index (χ4n) is 2.57. The Bertz CT molecular complexity index is 723. The maximum atomic E-state index is 11.9. The summed E-state index contributed by atoms with van der Waals surface area (Å²) < 4.78 is 0. The van der Waals surface area contributed by atoms with Gasteiger partial charge in [0.2, 0.25) is 5.91 Å². The second-order valence-corrected chi connectivity index (χ2v) is 5.67. The molecule has 1 amide bonds. The molecule has 2 aromatic rings. The fourth-order valence-corrected chi connectivity index (χ4v) is 2.70. The third-order valence-corrected chi connectivity index (χ3v) is 3.94. The number of rotatable bonds is 2. The van der Waals surface area contributed by atoms with E-state index in [1.807, 2.05) is 24.3 Å². The van der Waals surface area contributed by atoms with Crippen molar-refractivity contribution >= 4 is 23.2 Å². The number of hydrogen-bond donors (Lipinski definition) is 1. The monoisotopic (exact) mass is 314 g/mol. The number of amides is 1. The van der Waals surface area contributed by atoms with Gasteiger partial charge in [0.25, 0.3) is 0 Å². The Hall–Kier alpha value is -2.33. The van der Waals surface area contributed by atoms with E-state index >= 15 is 0 Å². The van der Waals surface area contributed by atoms with E-state index in [0.717, 1.165) is 16.8 Å². The number of halogens is 1. The van der Waals surface area contributed by atoms with Crippen LogP contribution in [0.5, 0.6) is 5.75 Å². The number of phenolic OH excluding ortho intramolecular Hbond substituents is 1. The lowest BCUT2D eigenvalue weighted by molar-refractivity contribution is -0.130. The molecule has 22 heavy (non-hydrogen) atoms. The quantitative estimate of drug-likeness (QED) is 0.918. The third kappa shape index (κ3) is 2.83. The average Bonchev–Trinajstić information content (AvgIpc) is 2.94. The van der Waals surface area contributed by atoms with E-state index in [4.69, 9.17) is 11.6 Å². The van der Waals surface area contributed by atoms with Gasteiger partial charge in [0, 0.05) is 18.4 Å². The summed E-state index contributed by atoms with van der Waals surface area (Å²) >= 11 is 5.92. The van der Waals surface area contributed by atoms with Crippen molar-refractivity contribution in [3.63, 3.8) is 0 Å². The standard InChI is InChI=1S/C17H15ClN2O2/c1-11(21)20-17(13-2-6-14(18)7-3-13)10-16(19-20)12-4-8-15(22)9-5-12/h2-9,17,22H,10H2,1H3/t17-/m0/s1. The van der Waals surface area contributed by atoms with E-state index in [9.17, 15) is 9.90 Å². The highest BCUT2D eigenvalue weighted by Gasteiger charge is 2.31. The third-order valence-electron chi connectivity index (χ3n) is 3.69. The Morgan fingerprint density at radius 2 is 1.82 bits per heavy atom. The van der Waals surface area contributed by atoms with Gasteiger partial charge in [0.15, 0.2) is 0 Å². The minimum atomic E-state index is -0.126. The summed E-state index contributed by atoms with van der Waals surface area (Å²) in [5, 5.41) is 16.0. The van der Waals surface area contributed by atoms with Crippen molar-refractivity contribution < 1.29 is 9.90 Å². The lowest BCUT2D eigenvalue weighted by atomic mass is 9.98. The van der Waals surface area contributed by atoms with Gasteiger partial charge in [-0.25, -0.2) is 5.01 Å². The van der Waals surface area contributed by atoms with Crippen molar-refractivity contribution in [1.82, 2.24) is 5.01 Å². The Balaban J connectivity index is 1.92. The van der Waals surface area contributed by atoms with Crippen molar-refractivity contribution in [1.29, 1.82) is 0 Å². The smallest absolute Gasteiger partial charge is 0.240 e. The van der Waals surface area contributed by atoms with Crippen LogP contribution in [0.3, 0.4) is 0 Å². The Kier molecular flexibility index (Phi) is 3.86. The summed E-state index contributed by atoms with van der Waals surface area (Å²) in [6.45, 7) is 1.51. The van der Waals surface area contributed by atoms with Gasteiger partial charge in [-0.1, -0.05) is 23.7 Å². The molecule has 0 fully saturated rings. The van der Waals surface area contributed by atoms with Crippen LogP contribution in [0.1, 0.15) is 30.5 Å². The van der Waals surface area contributed by atoms with Gasteiger partial charge >= 0.3 is 0 Å². The molecule has 0 spiro atoms. The Morgan fingerprint density at radius 1 is 1.18 bits per heavy atom. The van der Waals surface area contributed by atoms with Gasteiger partial charge in [-0.15, -0.1) is 0 Å². The number of hydrazone groups is 1. The summed E-state index contributed by atoms with van der Waals surface area (Å²) in [4.78, 5) is 11.9. The first-order valence-corrected chi connectivity index (χ1v) is 7.34. The second-order valence-electron chi connectivity index (χ2n) is 5.23. The molecule has 4 nitrogen and oxygen atoms in total. The first-order valence-electron chi connectivity index (χ1n) is 6.97. The average molecular weight is 315 g/mol. The molecule has 1 heterocycles. The number of phenols is 1. The van der Waals surface area contributed by atoms with E-state index < -0.39 is 0 Å². The highest BCUT2D eigenvalue weighted by molar-refractivity contribution is 6.30. The molecule has 1 aliphatic rings. The fraction of sp³-hybridized carbons (Fsp3) is 0.176. The maximum Gasteiger partial charge on any atom is 0.240 e. The van der Waals surface area contributed by atoms with Gasteiger partial charge in [0.05, 0.1) is 11.8 Å². The molecular weight excluding hydrogens is 300 g/mol. The van der Waals surface area contributed by atoms with Gasteiger partial charge < -0.3 is 5.11 Å². The summed E-state index contributed by atoms with van der Waals surface area (Å²) in [6, 6.07) is 14.2. The first-order chi connectivity index (χ1) is 10.5. The number of aromatic hydroxyl groups is 1. The molecular formula is C17H15ClN2O2. The van der Waals surface area contributed by atoms with E-state index in [1.54, 1.807) is 24.3 Å². The van der Waals surface area contributed by atoms with Crippen LogP contribution in [-0.4, -0.2) is 21.7 Å². The lowest BCUT2D eigenvalue weighted by Gasteiger charge is -2.20. The highest BCUT2D eigenvalue weighted by atomic mass is 35.5. The largest absolute Gasteiger partial charge is 0.508 e. The van der Waals surface area contributed by atoms with Gasteiger partial charge in [-0.05, 0) is 47.5 Å². The molecule has 2 aromatic carbocycles. The molecule has 0 aromatic heterocycles. The van der Waals surface area contributed by atoms with E-state index in [0.29, 0.717) is 11.4 Å². The lowest BCUT2D eigenvalue weighted by Crippen LogP contribution is -2.24. The highest BCUT2D eigenvalue weighted by Crippen LogP contribution is 2.33. The molecule has 112 valence electrons. The number of hydrogen-bond acceptors (Lipinski definition) is 3. The topological polar surface area (TPSA) is 52.9 Å². The van der Waals surface area contributed by atoms with Crippen LogP contribution in [0, 0.1) is 0 Å². The van der Waals surface area contributed by atoms with E-state index in [-0.39, 0.29) is 17.7 Å². The molecule has 3 rings (SSSR count). The van der Waals surface area contributed by atoms with Crippen LogP contribution in [-0.2, 0) is 4.79 Å². The number of carbonyl (C=O) groups excluding carboxylic acids is 1. The SMILES string of the molecule is CC(=O)N1N=C(c2ccc(O)cc2)C[C@H]1c1ccc(Cl)cc1. The molecule has 5 heteroatoms. The zero-order valence-corrected chi connectivity index (χ0v) is 12.8. The van der Waals surface area contributed by atoms with Crippen LogP contribution in [0.4, 0.5) is 0 Å². The number of benzene rings is 2. The first kappa shape index (κ1) is 14.6. The van der Waals surface area contributed by atoms with Gasteiger partial charge in [-0.2, -0.15) is 5.10 Å². The normalized spacial score (nSPS) is 17.5. The van der Waals surface area contributed by atoms with Crippen molar-refractivity contribution in [2.24, 2.45) is 5.10 Å². The molecule has 0 saturated carbocycles. The summed E-state index contributed by atoms with van der Waals surface area (Å²) in [7, 11) is 0. The van der Waals surface area contributed by atoms with Crippen molar-refractivity contribution in [3.05, 3.63) is 64.7 Å². The number of carbonyl (C=O) groups is 1. The van der Waals surface area contributed by atoms with Crippen molar-refractivity contribution in [3.8, 4) is 5.75 Å². The summed E-state index contributed by atoms with van der Waals surface area (Å²) in [5.74, 6) is 0.105. The van der Waals surface area contributed by atoms with E-state index in [2.05, 4.69) is 5.10 Å². The maximum absolute atomic E-state index is 11.9. The predicted molar refractivity (Wildman–Crippen MR) is 86.0 cm³/mol. The van der Waals surface area contributed by atoms with E-state index in [1.165, 1.54) is 11.9 Å². The predicted octanol–water partition coefficient (Wildman–Crippen LogP) is 3.74. The zero-order valence-electron chi connectivity index (χ0n) is 12.0. The van der Waals surface area contributed by atoms with Crippen LogP contribution in [0.2, 0.25) is 5.02 Å². The molecule has 1 aliphatic heterocycles. The van der Waals surface area contributed by atoms with Gasteiger partial charge in [0.1, 0.15) is 5.75 Å². The summed E-state index contributed by atoms with van der Waals surface area (Å²) in [5.41, 5.74) is 2.73. The van der Waals surface area contributed by atoms with Crippen LogP contribution in [0.15, 0.2) is 53.6 Å². The van der Waals surface area contributed by atoms with Crippen LogP contribution < -0.4 is 0 Å². The Morgan fingerprint density at radius 3 is 2.41 bits per heavy atom. The number of nitrogens with zero attached hydrogens (tertiary/aromatic N) is 2. The molecule has 0 aliphatic carbocycles. The van der Waals surface area contributed by atoms with Crippen molar-refractivity contribution in [2.75, 3.05) is 0 Å². The summed E-state index contributed by atoms with van der Waals surface area (Å²) in [6.07, 6.45) is 0.631. The molecule has 0 bridgehead atoms. The van der Waals surface area contributed by atoms with Crippen LogP contribution >= 0.6 is 11.6 Å². The minimum Gasteiger partial charge on any atom is -0.508 e. The molecule has 1 N–H and O–H groups in total.